The molecular weight excluding hydrogens is 530 g/mol. The monoisotopic (exact) mass is 558 g/mol. The summed E-state index contributed by atoms with van der Waals surface area (Å²) in [5, 5.41) is 4.23. The Morgan fingerprint density at radius 3 is 2.64 bits per heavy atom. The maximum Gasteiger partial charge on any atom is 0.171 e. The van der Waals surface area contributed by atoms with Crippen LogP contribution in [0.4, 0.5) is 4.39 Å². The molecule has 0 N–H and O–H groups in total. The Morgan fingerprint density at radius 2 is 1.88 bits per heavy atom. The molecule has 1 aromatic heterocycles. The Morgan fingerprint density at radius 1 is 1.09 bits per heavy atom. The molecule has 0 amide bonds. The molecule has 0 bridgehead atoms. The fourth-order valence-electron chi connectivity index (χ4n) is 5.25. The molecule has 2 heterocycles. The lowest BCUT2D eigenvalue weighted by Gasteiger charge is -2.37. The number of halogens is 2. The number of alkyl halides is 1. The fraction of sp³-hybridized carbons (Fsp3) is 0.407. The average molecular weight is 558 g/mol. The predicted octanol–water partition coefficient (Wildman–Crippen LogP) is 6.65. The molecule has 33 heavy (non-hydrogen) atoms. The number of piperidine rings is 1. The number of nitrogens with zero attached hydrogens (tertiary/aromatic N) is 2. The van der Waals surface area contributed by atoms with Crippen LogP contribution >= 0.6 is 22.6 Å². The summed E-state index contributed by atoms with van der Waals surface area (Å²) in [6.45, 7) is 2.05. The second-order valence-corrected chi connectivity index (χ2v) is 10.6. The molecule has 172 valence electrons. The molecular formula is C27H28FIN2O2. The van der Waals surface area contributed by atoms with E-state index in [0.29, 0.717) is 21.2 Å². The van der Waals surface area contributed by atoms with Gasteiger partial charge in [0.15, 0.2) is 5.78 Å². The van der Waals surface area contributed by atoms with E-state index in [1.807, 2.05) is 42.5 Å². The minimum atomic E-state index is -0.173. The van der Waals surface area contributed by atoms with Crippen molar-refractivity contribution >= 4 is 28.4 Å². The molecule has 4 nitrogen and oxygen atoms in total. The maximum absolute atomic E-state index is 13.3. The standard InChI is InChI=1S/C27H28FIN2O2/c28-22-11-8-18(9-12-22)21-14-16-31(24(29)17-21)15-4-7-20-10-13-23-25(27(20)32)26(30-33-23)19-5-2-1-3-6-19/h1-3,5-6,8-9,11-12,20-21,24H,4,7,10,13-17H2. The number of ketones is 1. The van der Waals surface area contributed by atoms with Crippen molar-refractivity contribution in [3.63, 3.8) is 0 Å². The molecule has 1 aliphatic heterocycles. The lowest BCUT2D eigenvalue weighted by atomic mass is 9.82. The molecule has 2 aliphatic rings. The summed E-state index contributed by atoms with van der Waals surface area (Å²) in [5.74, 6) is 1.30. The SMILES string of the molecule is O=C1c2c(-c3ccccc3)noc2CCC1CCCN1CCC(c2ccc(F)cc2)CC1I. The van der Waals surface area contributed by atoms with E-state index in [4.69, 9.17) is 4.52 Å². The van der Waals surface area contributed by atoms with Crippen molar-refractivity contribution in [2.75, 3.05) is 13.1 Å². The van der Waals surface area contributed by atoms with Gasteiger partial charge in [-0.3, -0.25) is 9.69 Å². The van der Waals surface area contributed by atoms with Crippen molar-refractivity contribution in [2.45, 2.75) is 48.5 Å². The van der Waals surface area contributed by atoms with Crippen molar-refractivity contribution in [3.8, 4) is 11.3 Å². The number of Topliss-reactive ketones (excluding diaryl/α,β-unsaturated/α-hetero) is 1. The lowest BCUT2D eigenvalue weighted by Crippen LogP contribution is -2.39. The largest absolute Gasteiger partial charge is 0.360 e. The number of rotatable bonds is 6. The van der Waals surface area contributed by atoms with Crippen molar-refractivity contribution < 1.29 is 13.7 Å². The van der Waals surface area contributed by atoms with Gasteiger partial charge in [0, 0.05) is 17.9 Å². The Hall–Kier alpha value is -2.06. The summed E-state index contributed by atoms with van der Waals surface area (Å²) in [4.78, 5) is 15.8. The summed E-state index contributed by atoms with van der Waals surface area (Å²) in [7, 11) is 0. The van der Waals surface area contributed by atoms with Crippen molar-refractivity contribution in [2.24, 2.45) is 5.92 Å². The minimum Gasteiger partial charge on any atom is -0.360 e. The maximum atomic E-state index is 13.3. The van der Waals surface area contributed by atoms with Crippen molar-refractivity contribution in [1.82, 2.24) is 10.1 Å². The highest BCUT2D eigenvalue weighted by molar-refractivity contribution is 14.1. The quantitative estimate of drug-likeness (QED) is 0.193. The zero-order valence-electron chi connectivity index (χ0n) is 18.6. The van der Waals surface area contributed by atoms with Crippen molar-refractivity contribution in [1.29, 1.82) is 0 Å². The number of carbonyl (C=O) groups is 1. The Balaban J connectivity index is 1.16. The van der Waals surface area contributed by atoms with Crippen LogP contribution in [0, 0.1) is 11.7 Å². The Labute approximate surface area is 207 Å². The Bertz CT molecular complexity index is 1100. The molecule has 3 atom stereocenters. The van der Waals surface area contributed by atoms with Gasteiger partial charge in [0.2, 0.25) is 0 Å². The van der Waals surface area contributed by atoms with Gasteiger partial charge < -0.3 is 4.52 Å². The Kier molecular flexibility index (Phi) is 6.92. The van der Waals surface area contributed by atoms with Crippen LogP contribution in [0.15, 0.2) is 59.1 Å². The van der Waals surface area contributed by atoms with Gasteiger partial charge in [-0.2, -0.15) is 0 Å². The summed E-state index contributed by atoms with van der Waals surface area (Å²) >= 11 is 2.54. The van der Waals surface area contributed by atoms with E-state index in [2.05, 4.69) is 32.6 Å². The third kappa shape index (κ3) is 4.92. The number of aromatic nitrogens is 1. The topological polar surface area (TPSA) is 46.3 Å². The highest BCUT2D eigenvalue weighted by atomic mass is 127. The lowest BCUT2D eigenvalue weighted by molar-refractivity contribution is 0.0883. The predicted molar refractivity (Wildman–Crippen MR) is 135 cm³/mol. The highest BCUT2D eigenvalue weighted by Gasteiger charge is 2.34. The van der Waals surface area contributed by atoms with Crippen LogP contribution in [0.2, 0.25) is 0 Å². The van der Waals surface area contributed by atoms with E-state index < -0.39 is 0 Å². The molecule has 1 saturated heterocycles. The van der Waals surface area contributed by atoms with Gasteiger partial charge in [-0.25, -0.2) is 4.39 Å². The van der Waals surface area contributed by atoms with Gasteiger partial charge in [-0.1, -0.05) is 70.2 Å². The van der Waals surface area contributed by atoms with Gasteiger partial charge in [0.25, 0.3) is 0 Å². The van der Waals surface area contributed by atoms with E-state index in [1.165, 1.54) is 5.56 Å². The smallest absolute Gasteiger partial charge is 0.171 e. The number of fused-ring (bicyclic) bond motifs is 1. The molecule has 0 radical (unpaired) electrons. The number of aryl methyl sites for hydroxylation is 1. The van der Waals surface area contributed by atoms with Crippen molar-refractivity contribution in [3.05, 3.63) is 77.3 Å². The van der Waals surface area contributed by atoms with Gasteiger partial charge >= 0.3 is 0 Å². The van der Waals surface area contributed by atoms with E-state index in [0.717, 1.165) is 62.9 Å². The van der Waals surface area contributed by atoms with E-state index in [9.17, 15) is 9.18 Å². The summed E-state index contributed by atoms with van der Waals surface area (Å²) < 4.78 is 19.2. The third-order valence-electron chi connectivity index (χ3n) is 7.13. The first-order valence-corrected chi connectivity index (χ1v) is 13.1. The van der Waals surface area contributed by atoms with Crippen LogP contribution in [0.1, 0.15) is 59.7 Å². The second-order valence-electron chi connectivity index (χ2n) is 9.18. The number of benzene rings is 2. The molecule has 2 aromatic carbocycles. The number of hydrogen-bond donors (Lipinski definition) is 0. The molecule has 3 unspecified atom stereocenters. The zero-order valence-corrected chi connectivity index (χ0v) is 20.7. The second kappa shape index (κ2) is 10.1. The van der Waals surface area contributed by atoms with Crippen LogP contribution < -0.4 is 0 Å². The first kappa shape index (κ1) is 22.7. The normalized spacial score (nSPS) is 23.5. The number of likely N-dealkylation sites (tertiary alicyclic amines) is 1. The highest BCUT2D eigenvalue weighted by Crippen LogP contribution is 2.37. The van der Waals surface area contributed by atoms with Crippen LogP contribution in [0.5, 0.6) is 0 Å². The minimum absolute atomic E-state index is 0.0452. The first-order chi connectivity index (χ1) is 16.1. The summed E-state index contributed by atoms with van der Waals surface area (Å²) in [6, 6.07) is 16.8. The molecule has 6 heteroatoms. The molecule has 3 aromatic rings. The number of hydrogen-bond acceptors (Lipinski definition) is 4. The fourth-order valence-corrected chi connectivity index (χ4v) is 6.42. The third-order valence-corrected chi connectivity index (χ3v) is 8.42. The van der Waals surface area contributed by atoms with Crippen LogP contribution in [0.3, 0.4) is 0 Å². The van der Waals surface area contributed by atoms with Gasteiger partial charge in [0.05, 0.1) is 9.61 Å². The molecule has 1 aliphatic carbocycles. The number of carbonyl (C=O) groups excluding carboxylic acids is 1. The van der Waals surface area contributed by atoms with Crippen LogP contribution in [0.25, 0.3) is 11.3 Å². The van der Waals surface area contributed by atoms with Crippen LogP contribution in [-0.4, -0.2) is 33.0 Å². The first-order valence-electron chi connectivity index (χ1n) is 11.8. The molecule has 0 saturated carbocycles. The van der Waals surface area contributed by atoms with Crippen LogP contribution in [-0.2, 0) is 6.42 Å². The van der Waals surface area contributed by atoms with Gasteiger partial charge in [-0.05, 0) is 68.8 Å². The summed E-state index contributed by atoms with van der Waals surface area (Å²) in [6.07, 6.45) is 5.72. The van der Waals surface area contributed by atoms with E-state index >= 15 is 0 Å². The van der Waals surface area contributed by atoms with Gasteiger partial charge in [0.1, 0.15) is 17.3 Å². The molecule has 1 fully saturated rings. The zero-order chi connectivity index (χ0) is 22.8. The molecule has 5 rings (SSSR count). The molecule has 0 spiro atoms. The summed E-state index contributed by atoms with van der Waals surface area (Å²) in [5.41, 5.74) is 3.57. The average Bonchev–Trinajstić information content (AvgIpc) is 3.28. The van der Waals surface area contributed by atoms with E-state index in [-0.39, 0.29) is 17.5 Å². The van der Waals surface area contributed by atoms with Gasteiger partial charge in [-0.15, -0.1) is 0 Å². The van der Waals surface area contributed by atoms with E-state index in [1.54, 1.807) is 12.1 Å².